The molecular weight excluding hydrogens is 304 g/mol. The van der Waals surface area contributed by atoms with Crippen LogP contribution in [0.5, 0.6) is 0 Å². The van der Waals surface area contributed by atoms with E-state index in [4.69, 9.17) is 0 Å². The molecule has 1 aromatic carbocycles. The number of amides is 2. The Bertz CT molecular complexity index is 679. The molecule has 2 saturated carbocycles. The third-order valence-corrected chi connectivity index (χ3v) is 5.97. The molecule has 1 aromatic rings. The predicted octanol–water partition coefficient (Wildman–Crippen LogP) is 1.64. The van der Waals surface area contributed by atoms with Gasteiger partial charge in [-0.1, -0.05) is 24.8 Å². The fourth-order valence-electron chi connectivity index (χ4n) is 4.78. The molecule has 0 spiro atoms. The van der Waals surface area contributed by atoms with E-state index in [-0.39, 0.29) is 36.9 Å². The van der Waals surface area contributed by atoms with Crippen LogP contribution in [0.3, 0.4) is 0 Å². The summed E-state index contributed by atoms with van der Waals surface area (Å²) in [5.74, 6) is 0.803. The lowest BCUT2D eigenvalue weighted by atomic mass is 9.85. The molecule has 3 aliphatic rings. The number of fused-ring (bicyclic) bond motifs is 3. The quantitative estimate of drug-likeness (QED) is 0.884. The Kier molecular flexibility index (Phi) is 3.68. The van der Waals surface area contributed by atoms with Gasteiger partial charge in [-0.25, -0.2) is 0 Å². The molecule has 5 heteroatoms. The molecule has 0 saturated heterocycles. The molecule has 24 heavy (non-hydrogen) atoms. The Morgan fingerprint density at radius 3 is 2.67 bits per heavy atom. The Morgan fingerprint density at radius 2 is 1.96 bits per heavy atom. The second-order valence-electron chi connectivity index (χ2n) is 7.16. The number of carbonyl (C=O) groups excluding carboxylic acids is 2. The van der Waals surface area contributed by atoms with Crippen molar-refractivity contribution in [2.45, 2.75) is 25.3 Å². The van der Waals surface area contributed by atoms with E-state index >= 15 is 0 Å². The molecule has 2 bridgehead atoms. The summed E-state index contributed by atoms with van der Waals surface area (Å²) in [4.78, 5) is 26.4. The van der Waals surface area contributed by atoms with Crippen molar-refractivity contribution in [2.75, 3.05) is 13.2 Å². The number of carbonyl (C=O) groups is 2. The number of nitrogens with one attached hydrogen (secondary N) is 1. The largest absolute Gasteiger partial charge is 0.396 e. The van der Waals surface area contributed by atoms with Gasteiger partial charge in [0, 0.05) is 35.4 Å². The molecule has 2 N–H and O–H groups in total. The highest BCUT2D eigenvalue weighted by Crippen LogP contribution is 2.48. The highest BCUT2D eigenvalue weighted by Gasteiger charge is 2.47. The van der Waals surface area contributed by atoms with Crippen molar-refractivity contribution in [3.05, 3.63) is 42.0 Å². The maximum Gasteiger partial charge on any atom is 0.259 e. The topological polar surface area (TPSA) is 69.6 Å². The van der Waals surface area contributed by atoms with Crippen molar-refractivity contribution in [1.82, 2.24) is 10.2 Å². The monoisotopic (exact) mass is 326 g/mol. The van der Waals surface area contributed by atoms with Gasteiger partial charge in [0.15, 0.2) is 0 Å². The number of aliphatic hydroxyl groups is 1. The molecular formula is C19H22N2O3. The Hall–Kier alpha value is -2.14. The number of benzene rings is 1. The number of rotatable bonds is 4. The fourth-order valence-corrected chi connectivity index (χ4v) is 4.78. The van der Waals surface area contributed by atoms with Crippen molar-refractivity contribution < 1.29 is 14.7 Å². The van der Waals surface area contributed by atoms with E-state index in [2.05, 4.69) is 11.9 Å². The first-order valence-electron chi connectivity index (χ1n) is 8.60. The van der Waals surface area contributed by atoms with Crippen molar-refractivity contribution in [1.29, 1.82) is 0 Å². The van der Waals surface area contributed by atoms with Crippen LogP contribution in [0, 0.1) is 17.8 Å². The van der Waals surface area contributed by atoms with E-state index in [1.54, 1.807) is 6.07 Å². The van der Waals surface area contributed by atoms with E-state index in [1.165, 1.54) is 4.90 Å². The summed E-state index contributed by atoms with van der Waals surface area (Å²) in [5.41, 5.74) is 1.98. The van der Waals surface area contributed by atoms with Crippen LogP contribution in [0.25, 0.3) is 5.70 Å². The van der Waals surface area contributed by atoms with Gasteiger partial charge in [0.25, 0.3) is 5.91 Å². The number of hydrogen-bond donors (Lipinski definition) is 2. The lowest BCUT2D eigenvalue weighted by Crippen LogP contribution is -2.48. The molecule has 0 radical (unpaired) electrons. The van der Waals surface area contributed by atoms with Crippen LogP contribution >= 0.6 is 0 Å². The highest BCUT2D eigenvalue weighted by molar-refractivity contribution is 6.10. The zero-order chi connectivity index (χ0) is 16.8. The Balaban J connectivity index is 1.44. The van der Waals surface area contributed by atoms with Gasteiger partial charge in [-0.3, -0.25) is 14.5 Å². The van der Waals surface area contributed by atoms with Crippen LogP contribution in [0.4, 0.5) is 0 Å². The molecule has 2 fully saturated rings. The molecule has 4 unspecified atom stereocenters. The first kappa shape index (κ1) is 15.4. The van der Waals surface area contributed by atoms with Gasteiger partial charge in [-0.05, 0) is 37.2 Å². The van der Waals surface area contributed by atoms with Gasteiger partial charge in [-0.15, -0.1) is 0 Å². The van der Waals surface area contributed by atoms with Gasteiger partial charge in [0.1, 0.15) is 6.54 Å². The molecule has 126 valence electrons. The fraction of sp³-hybridized carbons (Fsp3) is 0.474. The van der Waals surface area contributed by atoms with Crippen LogP contribution in [-0.4, -0.2) is 41.0 Å². The lowest BCUT2D eigenvalue weighted by molar-refractivity contribution is -0.122. The number of hydrogen-bond acceptors (Lipinski definition) is 3. The predicted molar refractivity (Wildman–Crippen MR) is 89.9 cm³/mol. The zero-order valence-corrected chi connectivity index (χ0v) is 13.6. The molecule has 5 nitrogen and oxygen atoms in total. The van der Waals surface area contributed by atoms with Gasteiger partial charge in [-0.2, -0.15) is 0 Å². The second kappa shape index (κ2) is 5.74. The lowest BCUT2D eigenvalue weighted by Gasteiger charge is -2.31. The molecule has 2 aliphatic carbocycles. The normalized spacial score (nSPS) is 30.8. The van der Waals surface area contributed by atoms with E-state index in [0.717, 1.165) is 24.8 Å². The van der Waals surface area contributed by atoms with Crippen LogP contribution in [0.15, 0.2) is 30.8 Å². The summed E-state index contributed by atoms with van der Waals surface area (Å²) in [7, 11) is 0. The number of nitrogens with zero attached hydrogens (tertiary/aromatic N) is 1. The third kappa shape index (κ3) is 2.26. The Morgan fingerprint density at radius 1 is 1.25 bits per heavy atom. The minimum absolute atomic E-state index is 0.0155. The van der Waals surface area contributed by atoms with Crippen molar-refractivity contribution in [3.63, 3.8) is 0 Å². The van der Waals surface area contributed by atoms with Crippen LogP contribution in [0.2, 0.25) is 0 Å². The minimum atomic E-state index is -0.173. The third-order valence-electron chi connectivity index (χ3n) is 5.97. The van der Waals surface area contributed by atoms with Crippen LogP contribution in [0.1, 0.15) is 35.2 Å². The van der Waals surface area contributed by atoms with E-state index in [0.29, 0.717) is 23.1 Å². The second-order valence-corrected chi connectivity index (χ2v) is 7.16. The summed E-state index contributed by atoms with van der Waals surface area (Å²) >= 11 is 0. The van der Waals surface area contributed by atoms with Gasteiger partial charge < -0.3 is 10.4 Å². The van der Waals surface area contributed by atoms with E-state index < -0.39 is 0 Å². The molecule has 1 heterocycles. The average molecular weight is 326 g/mol. The first-order chi connectivity index (χ1) is 11.6. The smallest absolute Gasteiger partial charge is 0.259 e. The maximum atomic E-state index is 12.5. The summed E-state index contributed by atoms with van der Waals surface area (Å²) in [6.07, 6.45) is 3.36. The minimum Gasteiger partial charge on any atom is -0.396 e. The SMILES string of the molecule is C=C1c2ccccc2C(=O)N1CC(=O)NC1C2CCC(C2)C1CO. The van der Waals surface area contributed by atoms with Crippen molar-refractivity contribution in [3.8, 4) is 0 Å². The van der Waals surface area contributed by atoms with Gasteiger partial charge in [0.2, 0.25) is 5.91 Å². The highest BCUT2D eigenvalue weighted by atomic mass is 16.3. The van der Waals surface area contributed by atoms with Crippen molar-refractivity contribution >= 4 is 17.5 Å². The van der Waals surface area contributed by atoms with E-state index in [1.807, 2.05) is 18.2 Å². The summed E-state index contributed by atoms with van der Waals surface area (Å²) in [6, 6.07) is 7.33. The van der Waals surface area contributed by atoms with Gasteiger partial charge >= 0.3 is 0 Å². The average Bonchev–Trinajstić information content (AvgIpc) is 3.25. The molecule has 0 aromatic heterocycles. The van der Waals surface area contributed by atoms with Crippen LogP contribution < -0.4 is 5.32 Å². The van der Waals surface area contributed by atoms with Crippen molar-refractivity contribution in [2.24, 2.45) is 17.8 Å². The molecule has 2 amide bonds. The first-order valence-corrected chi connectivity index (χ1v) is 8.60. The summed E-state index contributed by atoms with van der Waals surface area (Å²) in [5, 5.41) is 12.7. The van der Waals surface area contributed by atoms with Crippen LogP contribution in [-0.2, 0) is 4.79 Å². The summed E-state index contributed by atoms with van der Waals surface area (Å²) in [6.45, 7) is 4.07. The van der Waals surface area contributed by atoms with E-state index in [9.17, 15) is 14.7 Å². The standard InChI is InChI=1S/C19H22N2O3/c1-11-14-4-2-3-5-15(14)19(24)21(11)9-17(23)20-18-13-7-6-12(8-13)16(18)10-22/h2-5,12-13,16,18,22H,1,6-10H2,(H,20,23). The van der Waals surface area contributed by atoms with Gasteiger partial charge in [0.05, 0.1) is 0 Å². The summed E-state index contributed by atoms with van der Waals surface area (Å²) < 4.78 is 0. The molecule has 1 aliphatic heterocycles. The Labute approximate surface area is 141 Å². The number of aliphatic hydroxyl groups excluding tert-OH is 1. The molecule has 4 atom stereocenters. The maximum absolute atomic E-state index is 12.5. The zero-order valence-electron chi connectivity index (χ0n) is 13.6. The molecule has 4 rings (SSSR count).